The Morgan fingerprint density at radius 3 is 2.42 bits per heavy atom. The topological polar surface area (TPSA) is 32.3 Å². The lowest BCUT2D eigenvalue weighted by Crippen LogP contribution is -2.36. The predicted octanol–water partition coefficient (Wildman–Crippen LogP) is 2.80. The summed E-state index contributed by atoms with van der Waals surface area (Å²) < 4.78 is 50.7. The van der Waals surface area contributed by atoms with Crippen LogP contribution in [0.15, 0.2) is 18.2 Å². The Labute approximate surface area is 108 Å². The van der Waals surface area contributed by atoms with Crippen molar-refractivity contribution in [3.63, 3.8) is 0 Å². The lowest BCUT2D eigenvalue weighted by Gasteiger charge is -2.25. The van der Waals surface area contributed by atoms with Crippen molar-refractivity contribution in [1.82, 2.24) is 5.32 Å². The minimum absolute atomic E-state index is 0.131. The molecule has 1 saturated carbocycles. The molecule has 1 aliphatic carbocycles. The summed E-state index contributed by atoms with van der Waals surface area (Å²) >= 11 is 0. The third-order valence-electron chi connectivity index (χ3n) is 3.21. The Bertz CT molecular complexity index is 466. The Morgan fingerprint density at radius 2 is 1.95 bits per heavy atom. The summed E-state index contributed by atoms with van der Waals surface area (Å²) in [6.07, 6.45) is -2.67. The average Bonchev–Trinajstić information content (AvgIpc) is 3.08. The molecule has 0 spiro atoms. The van der Waals surface area contributed by atoms with Crippen LogP contribution in [0.2, 0.25) is 0 Å². The molecule has 2 nitrogen and oxygen atoms in total. The first-order valence-electron chi connectivity index (χ1n) is 6.03. The Kier molecular flexibility index (Phi) is 3.57. The van der Waals surface area contributed by atoms with Gasteiger partial charge < -0.3 is 10.4 Å². The number of rotatable bonds is 4. The van der Waals surface area contributed by atoms with Crippen molar-refractivity contribution in [3.8, 4) is 0 Å². The fourth-order valence-corrected chi connectivity index (χ4v) is 1.81. The van der Waals surface area contributed by atoms with Gasteiger partial charge in [0.25, 0.3) is 0 Å². The van der Waals surface area contributed by atoms with Crippen molar-refractivity contribution in [2.45, 2.75) is 37.6 Å². The zero-order valence-corrected chi connectivity index (χ0v) is 10.4. The van der Waals surface area contributed by atoms with Crippen LogP contribution in [-0.4, -0.2) is 17.7 Å². The summed E-state index contributed by atoms with van der Waals surface area (Å²) in [7, 11) is 0. The summed E-state index contributed by atoms with van der Waals surface area (Å²) in [5, 5.41) is 13.2. The molecule has 0 bridgehead atoms. The molecule has 19 heavy (non-hydrogen) atoms. The van der Waals surface area contributed by atoms with Gasteiger partial charge in [0.15, 0.2) is 0 Å². The molecule has 1 atom stereocenters. The lowest BCUT2D eigenvalue weighted by atomic mass is 9.94. The highest BCUT2D eigenvalue weighted by molar-refractivity contribution is 5.30. The van der Waals surface area contributed by atoms with Gasteiger partial charge in [0.1, 0.15) is 5.82 Å². The maximum Gasteiger partial charge on any atom is 0.419 e. The molecule has 1 aromatic carbocycles. The molecule has 6 heteroatoms. The number of hydrogen-bond acceptors (Lipinski definition) is 2. The van der Waals surface area contributed by atoms with Gasteiger partial charge in [-0.05, 0) is 37.5 Å². The quantitative estimate of drug-likeness (QED) is 0.829. The second kappa shape index (κ2) is 4.76. The van der Waals surface area contributed by atoms with E-state index in [1.54, 1.807) is 0 Å². The van der Waals surface area contributed by atoms with Gasteiger partial charge >= 0.3 is 6.18 Å². The second-order valence-corrected chi connectivity index (χ2v) is 5.12. The average molecular weight is 277 g/mol. The Balaban J connectivity index is 2.17. The van der Waals surface area contributed by atoms with Crippen molar-refractivity contribution >= 4 is 0 Å². The molecule has 0 aromatic heterocycles. The molecular weight excluding hydrogens is 262 g/mol. The van der Waals surface area contributed by atoms with Crippen molar-refractivity contribution in [3.05, 3.63) is 35.1 Å². The second-order valence-electron chi connectivity index (χ2n) is 5.12. The number of nitrogens with one attached hydrogen (secondary N) is 1. The monoisotopic (exact) mass is 277 g/mol. The van der Waals surface area contributed by atoms with E-state index in [1.807, 2.05) is 0 Å². The van der Waals surface area contributed by atoms with Gasteiger partial charge in [0.05, 0.1) is 11.2 Å². The van der Waals surface area contributed by atoms with Crippen molar-refractivity contribution in [2.75, 3.05) is 6.54 Å². The first-order chi connectivity index (χ1) is 8.70. The van der Waals surface area contributed by atoms with Crippen LogP contribution in [0.25, 0.3) is 0 Å². The number of aliphatic hydroxyl groups is 1. The molecule has 2 N–H and O–H groups in total. The summed E-state index contributed by atoms with van der Waals surface area (Å²) in [6.45, 7) is 1.63. The predicted molar refractivity (Wildman–Crippen MR) is 62.0 cm³/mol. The Morgan fingerprint density at radius 1 is 1.32 bits per heavy atom. The van der Waals surface area contributed by atoms with E-state index >= 15 is 0 Å². The summed E-state index contributed by atoms with van der Waals surface area (Å²) in [5.41, 5.74) is -2.58. The summed E-state index contributed by atoms with van der Waals surface area (Å²) in [4.78, 5) is 0. The van der Waals surface area contributed by atoms with E-state index in [2.05, 4.69) is 5.32 Å². The minimum atomic E-state index is -4.72. The zero-order chi connectivity index (χ0) is 14.3. The van der Waals surface area contributed by atoms with Crippen LogP contribution >= 0.6 is 0 Å². The van der Waals surface area contributed by atoms with Gasteiger partial charge in [-0.3, -0.25) is 0 Å². The lowest BCUT2D eigenvalue weighted by molar-refractivity contribution is -0.140. The molecule has 0 heterocycles. The van der Waals surface area contributed by atoms with Crippen molar-refractivity contribution in [1.29, 1.82) is 0 Å². The molecule has 1 aliphatic rings. The molecule has 0 amide bonds. The van der Waals surface area contributed by atoms with Crippen LogP contribution in [0.1, 0.15) is 30.9 Å². The van der Waals surface area contributed by atoms with Gasteiger partial charge in [-0.2, -0.15) is 13.2 Å². The van der Waals surface area contributed by atoms with Crippen molar-refractivity contribution < 1.29 is 22.7 Å². The highest BCUT2D eigenvalue weighted by Gasteiger charge is 2.35. The van der Waals surface area contributed by atoms with E-state index < -0.39 is 23.2 Å². The van der Waals surface area contributed by atoms with Crippen LogP contribution in [-0.2, 0) is 11.8 Å². The zero-order valence-electron chi connectivity index (χ0n) is 10.4. The van der Waals surface area contributed by atoms with Crippen LogP contribution in [0.4, 0.5) is 17.6 Å². The van der Waals surface area contributed by atoms with E-state index in [0.717, 1.165) is 25.0 Å². The molecule has 0 aliphatic heterocycles. The van der Waals surface area contributed by atoms with E-state index in [0.29, 0.717) is 12.1 Å². The molecule has 1 fully saturated rings. The van der Waals surface area contributed by atoms with Crippen molar-refractivity contribution in [2.24, 2.45) is 0 Å². The van der Waals surface area contributed by atoms with Gasteiger partial charge in [0.2, 0.25) is 0 Å². The fraction of sp³-hybridized carbons (Fsp3) is 0.538. The molecule has 0 radical (unpaired) electrons. The van der Waals surface area contributed by atoms with Gasteiger partial charge in [-0.15, -0.1) is 0 Å². The van der Waals surface area contributed by atoms with E-state index in [-0.39, 0.29) is 12.1 Å². The molecule has 2 rings (SSSR count). The van der Waals surface area contributed by atoms with Crippen LogP contribution in [0.5, 0.6) is 0 Å². The fourth-order valence-electron chi connectivity index (χ4n) is 1.81. The first-order valence-corrected chi connectivity index (χ1v) is 6.03. The molecule has 106 valence electrons. The van der Waals surface area contributed by atoms with Crippen LogP contribution < -0.4 is 5.32 Å². The highest BCUT2D eigenvalue weighted by atomic mass is 19.4. The Hall–Kier alpha value is -1.14. The molecule has 0 saturated heterocycles. The molecule has 1 aromatic rings. The number of hydrogen-bond donors (Lipinski definition) is 2. The van der Waals surface area contributed by atoms with Gasteiger partial charge in [-0.1, -0.05) is 6.07 Å². The molecular formula is C13H15F4NO. The number of alkyl halides is 3. The summed E-state index contributed by atoms with van der Waals surface area (Å²) in [5.74, 6) is -1.36. The van der Waals surface area contributed by atoms with Crippen LogP contribution in [0, 0.1) is 5.82 Å². The maximum absolute atomic E-state index is 13.4. The van der Waals surface area contributed by atoms with Gasteiger partial charge in [0, 0.05) is 12.6 Å². The normalized spacial score (nSPS) is 19.3. The molecule has 1 unspecified atom stereocenters. The van der Waals surface area contributed by atoms with Crippen LogP contribution in [0.3, 0.4) is 0 Å². The van der Waals surface area contributed by atoms with E-state index in [1.165, 1.54) is 6.92 Å². The first kappa shape index (κ1) is 14.3. The smallest absolute Gasteiger partial charge is 0.384 e. The van der Waals surface area contributed by atoms with Gasteiger partial charge in [-0.25, -0.2) is 4.39 Å². The third-order valence-corrected chi connectivity index (χ3v) is 3.21. The minimum Gasteiger partial charge on any atom is -0.384 e. The highest BCUT2D eigenvalue weighted by Crippen LogP contribution is 2.33. The summed E-state index contributed by atoms with van der Waals surface area (Å²) in [6, 6.07) is 2.87. The standard InChI is InChI=1S/C13H15F4NO/c1-12(19,7-18-9-3-4-9)8-2-5-10(11(14)6-8)13(15,16)17/h2,5-6,9,18-19H,3-4,7H2,1H3. The number of benzene rings is 1. The number of halogens is 4. The SMILES string of the molecule is CC(O)(CNC1CC1)c1ccc(C(F)(F)F)c(F)c1. The van der Waals surface area contributed by atoms with E-state index in [4.69, 9.17) is 0 Å². The third kappa shape index (κ3) is 3.45. The van der Waals surface area contributed by atoms with E-state index in [9.17, 15) is 22.7 Å². The maximum atomic E-state index is 13.4. The largest absolute Gasteiger partial charge is 0.419 e.